The van der Waals surface area contributed by atoms with Gasteiger partial charge in [-0.05, 0) is 49.9 Å². The molecule has 3 rings (SSSR count). The maximum absolute atomic E-state index is 12.6. The number of para-hydroxylation sites is 1. The van der Waals surface area contributed by atoms with E-state index in [2.05, 4.69) is 4.98 Å². The smallest absolute Gasteiger partial charge is 0.255 e. The van der Waals surface area contributed by atoms with Crippen LogP contribution in [0.1, 0.15) is 28.9 Å². The van der Waals surface area contributed by atoms with Gasteiger partial charge < -0.3 is 9.64 Å². The van der Waals surface area contributed by atoms with Crippen molar-refractivity contribution in [2.75, 3.05) is 19.7 Å². The first-order chi connectivity index (χ1) is 11.2. The van der Waals surface area contributed by atoms with Gasteiger partial charge in [0.2, 0.25) is 0 Å². The zero-order valence-electron chi connectivity index (χ0n) is 13.4. The van der Waals surface area contributed by atoms with Crippen LogP contribution in [0.15, 0.2) is 48.7 Å². The average molecular weight is 310 g/mol. The van der Waals surface area contributed by atoms with Gasteiger partial charge >= 0.3 is 0 Å². The van der Waals surface area contributed by atoms with Crippen LogP contribution >= 0.6 is 0 Å². The molecule has 1 unspecified atom stereocenters. The Morgan fingerprint density at radius 1 is 1.26 bits per heavy atom. The van der Waals surface area contributed by atoms with Crippen molar-refractivity contribution in [3.63, 3.8) is 0 Å². The van der Waals surface area contributed by atoms with Crippen LogP contribution in [0.3, 0.4) is 0 Å². The molecule has 1 atom stereocenters. The molecule has 2 aromatic rings. The van der Waals surface area contributed by atoms with E-state index >= 15 is 0 Å². The number of aromatic nitrogens is 1. The van der Waals surface area contributed by atoms with Crippen molar-refractivity contribution >= 4 is 5.91 Å². The third kappa shape index (κ3) is 3.89. The summed E-state index contributed by atoms with van der Waals surface area (Å²) >= 11 is 0. The van der Waals surface area contributed by atoms with Crippen LogP contribution in [0.2, 0.25) is 0 Å². The molecule has 0 spiro atoms. The summed E-state index contributed by atoms with van der Waals surface area (Å²) in [5.74, 6) is 1.52. The van der Waals surface area contributed by atoms with Crippen molar-refractivity contribution < 1.29 is 9.53 Å². The molecule has 1 aromatic heterocycles. The van der Waals surface area contributed by atoms with Crippen LogP contribution in [-0.4, -0.2) is 35.5 Å². The second kappa shape index (κ2) is 7.27. The molecule has 1 fully saturated rings. The largest absolute Gasteiger partial charge is 0.494 e. The fraction of sp³-hybridized carbons (Fsp3) is 0.368. The first-order valence-corrected chi connectivity index (χ1v) is 8.13. The summed E-state index contributed by atoms with van der Waals surface area (Å²) in [5.41, 5.74) is 1.52. The van der Waals surface area contributed by atoms with Crippen molar-refractivity contribution in [2.45, 2.75) is 19.8 Å². The Kier molecular flexibility index (Phi) is 4.91. The Hall–Kier alpha value is -2.36. The second-order valence-electron chi connectivity index (χ2n) is 5.99. The molecule has 1 aliphatic rings. The van der Waals surface area contributed by atoms with Gasteiger partial charge in [0.1, 0.15) is 5.75 Å². The van der Waals surface area contributed by atoms with Crippen molar-refractivity contribution in [3.05, 3.63) is 59.9 Å². The third-order valence-electron chi connectivity index (χ3n) is 4.35. The first kappa shape index (κ1) is 15.5. The van der Waals surface area contributed by atoms with Gasteiger partial charge in [-0.2, -0.15) is 0 Å². The molecule has 2 heterocycles. The molecular weight excluding hydrogens is 288 g/mol. The number of aryl methyl sites for hydroxylation is 1. The number of ether oxygens (including phenoxy) is 1. The number of benzene rings is 1. The lowest BCUT2D eigenvalue weighted by Crippen LogP contribution is -2.29. The highest BCUT2D eigenvalue weighted by atomic mass is 16.5. The van der Waals surface area contributed by atoms with Crippen LogP contribution in [0.4, 0.5) is 0 Å². The Morgan fingerprint density at radius 3 is 2.87 bits per heavy atom. The number of amides is 1. The number of carbonyl (C=O) groups is 1. The van der Waals surface area contributed by atoms with Crippen LogP contribution in [-0.2, 0) is 0 Å². The molecule has 0 bridgehead atoms. The van der Waals surface area contributed by atoms with Gasteiger partial charge in [-0.15, -0.1) is 0 Å². The highest BCUT2D eigenvalue weighted by molar-refractivity contribution is 5.95. The van der Waals surface area contributed by atoms with E-state index in [0.717, 1.165) is 37.4 Å². The minimum absolute atomic E-state index is 0.0991. The number of hydrogen-bond acceptors (Lipinski definition) is 3. The topological polar surface area (TPSA) is 42.4 Å². The Balaban J connectivity index is 1.49. The van der Waals surface area contributed by atoms with Crippen molar-refractivity contribution in [2.24, 2.45) is 5.92 Å². The molecule has 1 amide bonds. The van der Waals surface area contributed by atoms with Gasteiger partial charge in [0.25, 0.3) is 5.91 Å². The summed E-state index contributed by atoms with van der Waals surface area (Å²) in [6, 6.07) is 13.5. The summed E-state index contributed by atoms with van der Waals surface area (Å²) in [6.07, 6.45) is 3.74. The first-order valence-electron chi connectivity index (χ1n) is 8.13. The maximum atomic E-state index is 12.6. The fourth-order valence-electron chi connectivity index (χ4n) is 2.99. The Labute approximate surface area is 137 Å². The van der Waals surface area contributed by atoms with Crippen LogP contribution in [0.25, 0.3) is 0 Å². The van der Waals surface area contributed by atoms with Crippen molar-refractivity contribution in [1.29, 1.82) is 0 Å². The van der Waals surface area contributed by atoms with E-state index in [9.17, 15) is 4.79 Å². The summed E-state index contributed by atoms with van der Waals surface area (Å²) in [7, 11) is 0. The maximum Gasteiger partial charge on any atom is 0.255 e. The predicted octanol–water partition coefficient (Wildman–Crippen LogP) is 3.32. The van der Waals surface area contributed by atoms with Crippen molar-refractivity contribution in [3.8, 4) is 5.75 Å². The molecule has 1 aromatic carbocycles. The molecule has 0 saturated carbocycles. The van der Waals surface area contributed by atoms with E-state index in [1.807, 2.05) is 54.3 Å². The molecule has 4 heteroatoms. The molecule has 0 radical (unpaired) electrons. The molecule has 1 aliphatic heterocycles. The fourth-order valence-corrected chi connectivity index (χ4v) is 2.99. The molecule has 0 N–H and O–H groups in total. The molecule has 23 heavy (non-hydrogen) atoms. The molecule has 1 saturated heterocycles. The van der Waals surface area contributed by atoms with E-state index in [-0.39, 0.29) is 5.91 Å². The predicted molar refractivity (Wildman–Crippen MR) is 89.5 cm³/mol. The van der Waals surface area contributed by atoms with Crippen LogP contribution in [0.5, 0.6) is 5.75 Å². The zero-order valence-corrected chi connectivity index (χ0v) is 13.4. The Bertz CT molecular complexity index is 657. The van der Waals surface area contributed by atoms with E-state index in [4.69, 9.17) is 4.74 Å². The van der Waals surface area contributed by atoms with Gasteiger partial charge in [0, 0.05) is 25.0 Å². The average Bonchev–Trinajstić information content (AvgIpc) is 3.05. The molecule has 120 valence electrons. The lowest BCUT2D eigenvalue weighted by molar-refractivity contribution is 0.0784. The number of pyridine rings is 1. The van der Waals surface area contributed by atoms with Gasteiger partial charge in [0.05, 0.1) is 12.2 Å². The lowest BCUT2D eigenvalue weighted by Gasteiger charge is -2.17. The second-order valence-corrected chi connectivity index (χ2v) is 5.99. The monoisotopic (exact) mass is 310 g/mol. The van der Waals surface area contributed by atoms with E-state index in [1.54, 1.807) is 6.20 Å². The highest BCUT2D eigenvalue weighted by Gasteiger charge is 2.27. The molecule has 4 nitrogen and oxygen atoms in total. The van der Waals surface area contributed by atoms with Crippen molar-refractivity contribution in [1.82, 2.24) is 9.88 Å². The number of carbonyl (C=O) groups excluding carboxylic acids is 1. The Morgan fingerprint density at radius 2 is 2.09 bits per heavy atom. The van der Waals surface area contributed by atoms with E-state index in [0.29, 0.717) is 18.1 Å². The van der Waals surface area contributed by atoms with Gasteiger partial charge in [-0.1, -0.05) is 18.2 Å². The summed E-state index contributed by atoms with van der Waals surface area (Å²) in [4.78, 5) is 18.7. The highest BCUT2D eigenvalue weighted by Crippen LogP contribution is 2.22. The quantitative estimate of drug-likeness (QED) is 0.851. The summed E-state index contributed by atoms with van der Waals surface area (Å²) in [6.45, 7) is 4.21. The third-order valence-corrected chi connectivity index (χ3v) is 4.35. The van der Waals surface area contributed by atoms with Gasteiger partial charge in [-0.3, -0.25) is 9.78 Å². The number of hydrogen-bond donors (Lipinski definition) is 0. The van der Waals surface area contributed by atoms with Gasteiger partial charge in [0.15, 0.2) is 0 Å². The standard InChI is InChI=1S/C19H22N2O2/c1-15-18(8-5-11-20-15)19(22)21-12-9-16(14-21)10-13-23-17-6-3-2-4-7-17/h2-8,11,16H,9-10,12-14H2,1H3. The van der Waals surface area contributed by atoms with Crippen LogP contribution < -0.4 is 4.74 Å². The molecule has 0 aliphatic carbocycles. The minimum Gasteiger partial charge on any atom is -0.494 e. The minimum atomic E-state index is 0.0991. The normalized spacial score (nSPS) is 17.3. The zero-order chi connectivity index (χ0) is 16.1. The van der Waals surface area contributed by atoms with Crippen LogP contribution in [0, 0.1) is 12.8 Å². The lowest BCUT2D eigenvalue weighted by atomic mass is 10.1. The van der Waals surface area contributed by atoms with Gasteiger partial charge in [-0.25, -0.2) is 0 Å². The SMILES string of the molecule is Cc1ncccc1C(=O)N1CCC(CCOc2ccccc2)C1. The summed E-state index contributed by atoms with van der Waals surface area (Å²) < 4.78 is 5.75. The molecular formula is C19H22N2O2. The van der Waals surface area contributed by atoms with E-state index in [1.165, 1.54) is 0 Å². The number of likely N-dealkylation sites (tertiary alicyclic amines) is 1. The number of rotatable bonds is 5. The van der Waals surface area contributed by atoms with E-state index < -0.39 is 0 Å². The number of nitrogens with zero attached hydrogens (tertiary/aromatic N) is 2. The summed E-state index contributed by atoms with van der Waals surface area (Å²) in [5, 5.41) is 0.